The van der Waals surface area contributed by atoms with Crippen LogP contribution in [0.4, 0.5) is 68.2 Å². The molecule has 0 aromatic heterocycles. The molecule has 0 aliphatic carbocycles. The summed E-state index contributed by atoms with van der Waals surface area (Å²) < 4.78 is 0. The summed E-state index contributed by atoms with van der Waals surface area (Å²) in [5, 5.41) is 0. The lowest BCUT2D eigenvalue weighted by molar-refractivity contribution is 1.28. The van der Waals surface area contributed by atoms with Gasteiger partial charge in [-0.2, -0.15) is 0 Å². The van der Waals surface area contributed by atoms with Gasteiger partial charge in [-0.05, 0) is 223 Å². The van der Waals surface area contributed by atoms with Crippen LogP contribution in [0.25, 0.3) is 77.9 Å². The third-order valence-corrected chi connectivity index (χ3v) is 18.7. The van der Waals surface area contributed by atoms with E-state index >= 15 is 0 Å². The Labute approximate surface area is 586 Å². The number of hydrogen-bond acceptors (Lipinski definition) is 4. The van der Waals surface area contributed by atoms with Crippen molar-refractivity contribution < 1.29 is 0 Å². The highest BCUT2D eigenvalue weighted by Crippen LogP contribution is 2.43. The van der Waals surface area contributed by atoms with Crippen molar-refractivity contribution >= 4 is 68.2 Å². The summed E-state index contributed by atoms with van der Waals surface area (Å²) in [6.07, 6.45) is 0. The molecule has 100 heavy (non-hydrogen) atoms. The number of nitrogens with zero attached hydrogens (tertiary/aromatic N) is 4. The molecule has 474 valence electrons. The predicted molar refractivity (Wildman–Crippen MR) is 423 cm³/mol. The number of hydrogen-bond donors (Lipinski definition) is 0. The number of rotatable bonds is 19. The summed E-state index contributed by atoms with van der Waals surface area (Å²) in [6, 6.07) is 153. The van der Waals surface area contributed by atoms with E-state index in [0.717, 1.165) is 102 Å². The van der Waals surface area contributed by atoms with Crippen LogP contribution in [0.15, 0.2) is 425 Å². The molecule has 16 aromatic carbocycles. The van der Waals surface area contributed by atoms with Crippen molar-refractivity contribution in [3.63, 3.8) is 0 Å². The molecule has 16 aromatic rings. The zero-order valence-corrected chi connectivity index (χ0v) is 55.2. The number of anilines is 12. The molecule has 0 saturated heterocycles. The Kier molecular flexibility index (Phi) is 17.6. The molecule has 4 nitrogen and oxygen atoms in total. The van der Waals surface area contributed by atoms with Crippen LogP contribution in [0.3, 0.4) is 0 Å². The van der Waals surface area contributed by atoms with E-state index in [9.17, 15) is 0 Å². The van der Waals surface area contributed by atoms with Crippen molar-refractivity contribution in [1.82, 2.24) is 0 Å². The first-order chi connectivity index (χ1) is 49.6. The maximum absolute atomic E-state index is 2.33. The zero-order chi connectivity index (χ0) is 66.8. The third kappa shape index (κ3) is 13.4. The lowest BCUT2D eigenvalue weighted by Gasteiger charge is -2.26. The second-order valence-electron chi connectivity index (χ2n) is 25.0. The normalized spacial score (nSPS) is 11.0. The highest BCUT2D eigenvalue weighted by atomic mass is 15.2. The number of benzene rings is 16. The van der Waals surface area contributed by atoms with Crippen molar-refractivity contribution in [2.75, 3.05) is 19.6 Å². The Hall–Kier alpha value is -13.3. The Morgan fingerprint density at radius 3 is 0.420 bits per heavy atom. The summed E-state index contributed by atoms with van der Waals surface area (Å²) in [5.74, 6) is 0. The smallest absolute Gasteiger partial charge is 0.0467 e. The second kappa shape index (κ2) is 28.6. The van der Waals surface area contributed by atoms with Gasteiger partial charge < -0.3 is 19.6 Å². The molecule has 0 atom stereocenters. The average molecular weight is 1280 g/mol. The van der Waals surface area contributed by atoms with E-state index < -0.39 is 0 Å². The Morgan fingerprint density at radius 1 is 0.0900 bits per heavy atom. The van der Waals surface area contributed by atoms with Crippen LogP contribution in [-0.2, 0) is 0 Å². The molecule has 0 saturated carbocycles. The van der Waals surface area contributed by atoms with Gasteiger partial charge in [-0.3, -0.25) is 0 Å². The van der Waals surface area contributed by atoms with Gasteiger partial charge in [-0.25, -0.2) is 0 Å². The maximum Gasteiger partial charge on any atom is 0.0467 e. The van der Waals surface area contributed by atoms with Gasteiger partial charge in [-0.15, -0.1) is 0 Å². The fraction of sp³-hybridized carbons (Fsp3) is 0. The van der Waals surface area contributed by atoms with E-state index in [1.165, 1.54) is 44.5 Å². The minimum absolute atomic E-state index is 1.08. The van der Waals surface area contributed by atoms with Crippen molar-refractivity contribution in [3.05, 3.63) is 425 Å². The molecule has 4 heteroatoms. The van der Waals surface area contributed by atoms with Crippen molar-refractivity contribution in [2.24, 2.45) is 0 Å². The number of para-hydroxylation sites is 4. The SMILES string of the molecule is c1ccc(-c2cccc(N(c3ccccc3)c3ccc(-c4ccc(N(c5ccccc5)c5ccc(-c6ccc(-c7ccc(-c8ccc(N(c9ccccc9)c9ccc(-c%10ccc(N(c%11ccccc%11)c%11cccc(-c%12ccccc%12)c%11)cc%10)cc9)cc8)cc7)cc6)cc5)cc4)cc3)c2)cc1. The van der Waals surface area contributed by atoms with Crippen molar-refractivity contribution in [2.45, 2.75) is 0 Å². The summed E-state index contributed by atoms with van der Waals surface area (Å²) in [6.45, 7) is 0. The Balaban J connectivity index is 0.586. The standard InChI is InChI=1S/C96H70N4/c1-7-21-71(22-8-1)83-25-19-35-95(69-83)99(87-31-15-5-16-32-87)93-65-53-81(54-66-93)79-49-61-91(62-50-79)97(85-27-11-3-12-28-85)89-57-45-77(46-58-89)75-41-37-73(38-42-75)74-39-43-76(44-40-74)78-47-59-90(60-48-78)98(86-29-13-4-14-30-86)92-63-51-80(52-64-92)82-55-67-94(68-56-82)100(88-33-17-6-18-34-88)96-36-20-26-84(70-96)72-23-9-2-10-24-72/h1-70H. The van der Waals surface area contributed by atoms with Crippen LogP contribution in [-0.4, -0.2) is 0 Å². The van der Waals surface area contributed by atoms with Crippen LogP contribution in [0.2, 0.25) is 0 Å². The summed E-state index contributed by atoms with van der Waals surface area (Å²) in [5.41, 5.74) is 29.5. The average Bonchev–Trinajstić information content (AvgIpc) is 0.815. The first-order valence-corrected chi connectivity index (χ1v) is 34.1. The molecule has 0 fully saturated rings. The minimum atomic E-state index is 1.08. The molecular weight excluding hydrogens is 1210 g/mol. The Morgan fingerprint density at radius 2 is 0.220 bits per heavy atom. The van der Waals surface area contributed by atoms with Crippen molar-refractivity contribution in [1.29, 1.82) is 0 Å². The molecule has 0 N–H and O–H groups in total. The fourth-order valence-corrected chi connectivity index (χ4v) is 13.5. The van der Waals surface area contributed by atoms with E-state index in [4.69, 9.17) is 0 Å². The molecule has 0 unspecified atom stereocenters. The molecule has 16 rings (SSSR count). The van der Waals surface area contributed by atoms with E-state index in [2.05, 4.69) is 444 Å². The lowest BCUT2D eigenvalue weighted by atomic mass is 9.97. The second-order valence-corrected chi connectivity index (χ2v) is 25.0. The van der Waals surface area contributed by atoms with Crippen LogP contribution < -0.4 is 19.6 Å². The third-order valence-electron chi connectivity index (χ3n) is 18.7. The molecule has 0 bridgehead atoms. The highest BCUT2D eigenvalue weighted by molar-refractivity contribution is 5.87. The first-order valence-electron chi connectivity index (χ1n) is 34.1. The van der Waals surface area contributed by atoms with Gasteiger partial charge in [0.2, 0.25) is 0 Å². The first kappa shape index (κ1) is 61.6. The molecule has 0 aliphatic rings. The van der Waals surface area contributed by atoms with Gasteiger partial charge in [-0.1, -0.05) is 279 Å². The monoisotopic (exact) mass is 1280 g/mol. The van der Waals surface area contributed by atoms with Gasteiger partial charge in [0.1, 0.15) is 0 Å². The molecular formula is C96H70N4. The van der Waals surface area contributed by atoms with Gasteiger partial charge in [0.15, 0.2) is 0 Å². The lowest BCUT2D eigenvalue weighted by Crippen LogP contribution is -2.10. The predicted octanol–water partition coefficient (Wildman–Crippen LogP) is 27.2. The highest BCUT2D eigenvalue weighted by Gasteiger charge is 2.19. The molecule has 0 heterocycles. The van der Waals surface area contributed by atoms with E-state index in [-0.39, 0.29) is 0 Å². The molecule has 0 radical (unpaired) electrons. The van der Waals surface area contributed by atoms with Crippen LogP contribution >= 0.6 is 0 Å². The van der Waals surface area contributed by atoms with Gasteiger partial charge >= 0.3 is 0 Å². The van der Waals surface area contributed by atoms with Crippen LogP contribution in [0, 0.1) is 0 Å². The zero-order valence-electron chi connectivity index (χ0n) is 55.2. The fourth-order valence-electron chi connectivity index (χ4n) is 13.5. The molecule has 0 aliphatic heterocycles. The van der Waals surface area contributed by atoms with E-state index in [0.29, 0.717) is 0 Å². The summed E-state index contributed by atoms with van der Waals surface area (Å²) >= 11 is 0. The van der Waals surface area contributed by atoms with Gasteiger partial charge in [0, 0.05) is 68.2 Å². The topological polar surface area (TPSA) is 13.0 Å². The van der Waals surface area contributed by atoms with E-state index in [1.807, 2.05) is 0 Å². The maximum atomic E-state index is 2.33. The largest absolute Gasteiger partial charge is 0.311 e. The van der Waals surface area contributed by atoms with Crippen LogP contribution in [0.1, 0.15) is 0 Å². The summed E-state index contributed by atoms with van der Waals surface area (Å²) in [4.78, 5) is 9.30. The van der Waals surface area contributed by atoms with Crippen molar-refractivity contribution in [3.8, 4) is 77.9 Å². The van der Waals surface area contributed by atoms with E-state index in [1.54, 1.807) is 0 Å². The van der Waals surface area contributed by atoms with Gasteiger partial charge in [0.05, 0.1) is 0 Å². The molecule has 0 amide bonds. The van der Waals surface area contributed by atoms with Gasteiger partial charge in [0.25, 0.3) is 0 Å². The quantitative estimate of drug-likeness (QED) is 0.0800. The van der Waals surface area contributed by atoms with Crippen LogP contribution in [0.5, 0.6) is 0 Å². The Bertz CT molecular complexity index is 4970. The summed E-state index contributed by atoms with van der Waals surface area (Å²) in [7, 11) is 0. The minimum Gasteiger partial charge on any atom is -0.311 e. The molecule has 0 spiro atoms.